The lowest BCUT2D eigenvalue weighted by Crippen LogP contribution is -2.44. The summed E-state index contributed by atoms with van der Waals surface area (Å²) in [6, 6.07) is 10.2. The van der Waals surface area contributed by atoms with Gasteiger partial charge in [-0.1, -0.05) is 41.6 Å². The van der Waals surface area contributed by atoms with Crippen molar-refractivity contribution in [1.82, 2.24) is 9.84 Å². The van der Waals surface area contributed by atoms with Crippen LogP contribution in [-0.4, -0.2) is 47.4 Å². The van der Waals surface area contributed by atoms with E-state index in [1.165, 1.54) is 43.3 Å². The second-order valence-corrected chi connectivity index (χ2v) is 10.6. The van der Waals surface area contributed by atoms with E-state index in [1.807, 2.05) is 0 Å². The molecular formula is C21H19ClN2O7S3. The maximum Gasteiger partial charge on any atom is 0.344 e. The predicted molar refractivity (Wildman–Crippen MR) is 132 cm³/mol. The van der Waals surface area contributed by atoms with E-state index in [9.17, 15) is 18.0 Å². The standard InChI is InChI=1S/C21H19ClN2O7S3/c1-3-30-17-10-13(4-9-16(17)31-12(2)20(26)27)11-18-19(25)24(21(32)33-18)23-34(28,29)15-7-5-14(22)6-8-15/h4-12,23H,3H2,1-2H3,(H,26,27)/b18-11+. The minimum absolute atomic E-state index is 0.00839. The smallest absolute Gasteiger partial charge is 0.344 e. The SMILES string of the molecule is CCOc1cc(/C=C2/SC(=S)N(NS(=O)(=O)c3ccc(Cl)cc3)C2=O)ccc1OC(C)C(=O)O. The Hall–Kier alpha value is -2.64. The van der Waals surface area contributed by atoms with Gasteiger partial charge in [-0.3, -0.25) is 4.79 Å². The van der Waals surface area contributed by atoms with E-state index in [1.54, 1.807) is 19.1 Å². The summed E-state index contributed by atoms with van der Waals surface area (Å²) in [5.41, 5.74) is 0.542. The molecule has 2 aromatic rings. The maximum absolute atomic E-state index is 12.9. The monoisotopic (exact) mass is 542 g/mol. The number of hydrogen-bond acceptors (Lipinski definition) is 8. The van der Waals surface area contributed by atoms with Crippen molar-refractivity contribution in [2.24, 2.45) is 0 Å². The van der Waals surface area contributed by atoms with Crippen molar-refractivity contribution in [2.75, 3.05) is 6.61 Å². The predicted octanol–water partition coefficient (Wildman–Crippen LogP) is 3.69. The van der Waals surface area contributed by atoms with Crippen LogP contribution in [0, 0.1) is 0 Å². The molecular weight excluding hydrogens is 524 g/mol. The van der Waals surface area contributed by atoms with Crippen LogP contribution in [0.4, 0.5) is 0 Å². The fourth-order valence-corrected chi connectivity index (χ4v) is 5.14. The highest BCUT2D eigenvalue weighted by atomic mass is 35.5. The topological polar surface area (TPSA) is 122 Å². The molecule has 1 fully saturated rings. The number of ether oxygens (including phenoxy) is 2. The molecule has 34 heavy (non-hydrogen) atoms. The Labute approximate surface area is 210 Å². The number of carbonyl (C=O) groups excluding carboxylic acids is 1. The van der Waals surface area contributed by atoms with Gasteiger partial charge in [0.1, 0.15) is 0 Å². The lowest BCUT2D eigenvalue weighted by molar-refractivity contribution is -0.144. The molecule has 3 rings (SSSR count). The van der Waals surface area contributed by atoms with Gasteiger partial charge in [0.05, 0.1) is 16.4 Å². The first kappa shape index (κ1) is 26.0. The third-order valence-corrected chi connectivity index (χ3v) is 7.22. The average Bonchev–Trinajstić information content (AvgIpc) is 3.02. The van der Waals surface area contributed by atoms with Gasteiger partial charge in [0, 0.05) is 5.02 Å². The van der Waals surface area contributed by atoms with Gasteiger partial charge >= 0.3 is 5.97 Å². The van der Waals surface area contributed by atoms with Gasteiger partial charge in [-0.05, 0) is 61.9 Å². The molecule has 1 atom stereocenters. The molecule has 1 heterocycles. The van der Waals surface area contributed by atoms with Gasteiger partial charge in [-0.2, -0.15) is 0 Å². The first-order valence-corrected chi connectivity index (χ1v) is 12.8. The van der Waals surface area contributed by atoms with Gasteiger partial charge in [-0.25, -0.2) is 18.2 Å². The summed E-state index contributed by atoms with van der Waals surface area (Å²) in [5, 5.41) is 10.2. The second-order valence-electron chi connectivity index (χ2n) is 6.80. The number of carboxylic acids is 1. The van der Waals surface area contributed by atoms with Crippen molar-refractivity contribution in [3.63, 3.8) is 0 Å². The summed E-state index contributed by atoms with van der Waals surface area (Å²) in [6.07, 6.45) is 0.429. The van der Waals surface area contributed by atoms with Gasteiger partial charge in [0.2, 0.25) is 0 Å². The molecule has 0 radical (unpaired) electrons. The van der Waals surface area contributed by atoms with Crippen LogP contribution in [-0.2, 0) is 19.6 Å². The minimum Gasteiger partial charge on any atom is -0.490 e. The third kappa shape index (κ3) is 6.07. The number of rotatable bonds is 9. The van der Waals surface area contributed by atoms with Crippen LogP contribution >= 0.6 is 35.6 Å². The van der Waals surface area contributed by atoms with Crippen LogP contribution in [0.2, 0.25) is 5.02 Å². The molecule has 9 nitrogen and oxygen atoms in total. The molecule has 1 aliphatic heterocycles. The molecule has 13 heteroatoms. The molecule has 1 aliphatic rings. The van der Waals surface area contributed by atoms with Crippen molar-refractivity contribution >= 4 is 67.9 Å². The van der Waals surface area contributed by atoms with E-state index in [-0.39, 0.29) is 19.9 Å². The highest BCUT2D eigenvalue weighted by molar-refractivity contribution is 8.26. The van der Waals surface area contributed by atoms with E-state index in [4.69, 9.17) is 38.4 Å². The number of carboxylic acid groups (broad SMARTS) is 1. The lowest BCUT2D eigenvalue weighted by Gasteiger charge is -2.16. The Morgan fingerprint density at radius 3 is 2.56 bits per heavy atom. The fraction of sp³-hybridized carbons (Fsp3) is 0.190. The molecule has 0 aromatic heterocycles. The van der Waals surface area contributed by atoms with Crippen LogP contribution in [0.25, 0.3) is 6.08 Å². The highest BCUT2D eigenvalue weighted by Gasteiger charge is 2.35. The number of thioether (sulfide) groups is 1. The Kier molecular flexibility index (Phi) is 8.21. The van der Waals surface area contributed by atoms with E-state index in [0.717, 1.165) is 16.8 Å². The number of amides is 1. The van der Waals surface area contributed by atoms with E-state index in [2.05, 4.69) is 4.83 Å². The molecule has 0 saturated carbocycles. The van der Waals surface area contributed by atoms with Crippen LogP contribution in [0.3, 0.4) is 0 Å². The van der Waals surface area contributed by atoms with E-state index < -0.39 is 28.0 Å². The van der Waals surface area contributed by atoms with Crippen LogP contribution in [0.1, 0.15) is 19.4 Å². The zero-order chi connectivity index (χ0) is 25.0. The van der Waals surface area contributed by atoms with Crippen molar-refractivity contribution < 1.29 is 32.6 Å². The number of benzene rings is 2. The van der Waals surface area contributed by atoms with Gasteiger partial charge in [-0.15, -0.1) is 4.83 Å². The number of sulfonamides is 1. The van der Waals surface area contributed by atoms with Crippen molar-refractivity contribution in [2.45, 2.75) is 24.8 Å². The highest BCUT2D eigenvalue weighted by Crippen LogP contribution is 2.35. The number of aliphatic carboxylic acids is 1. The zero-order valence-electron chi connectivity index (χ0n) is 17.8. The average molecular weight is 543 g/mol. The van der Waals surface area contributed by atoms with Gasteiger partial charge in [0.25, 0.3) is 15.9 Å². The lowest BCUT2D eigenvalue weighted by atomic mass is 10.2. The normalized spacial score (nSPS) is 16.1. The largest absolute Gasteiger partial charge is 0.490 e. The fourth-order valence-electron chi connectivity index (χ4n) is 2.71. The number of halogens is 1. The maximum atomic E-state index is 12.9. The quantitative estimate of drug-likeness (QED) is 0.361. The summed E-state index contributed by atoms with van der Waals surface area (Å²) in [4.78, 5) is 26.2. The number of nitrogens with zero attached hydrogens (tertiary/aromatic N) is 1. The number of carbonyl (C=O) groups is 2. The van der Waals surface area contributed by atoms with Crippen molar-refractivity contribution in [3.05, 3.63) is 58.0 Å². The summed E-state index contributed by atoms with van der Waals surface area (Å²) in [6.45, 7) is 3.45. The number of hydrogen-bond donors (Lipinski definition) is 2. The third-order valence-electron chi connectivity index (χ3n) is 4.35. The van der Waals surface area contributed by atoms with Crippen molar-refractivity contribution in [1.29, 1.82) is 0 Å². The van der Waals surface area contributed by atoms with Crippen LogP contribution < -0.4 is 14.3 Å². The Morgan fingerprint density at radius 2 is 1.94 bits per heavy atom. The molecule has 2 aromatic carbocycles. The first-order valence-electron chi connectivity index (χ1n) is 9.74. The molecule has 0 aliphatic carbocycles. The Bertz CT molecular complexity index is 1260. The van der Waals surface area contributed by atoms with Gasteiger partial charge in [0.15, 0.2) is 21.9 Å². The Balaban J connectivity index is 1.83. The molecule has 2 N–H and O–H groups in total. The number of hydrazine groups is 1. The summed E-state index contributed by atoms with van der Waals surface area (Å²) < 4.78 is 36.2. The summed E-state index contributed by atoms with van der Waals surface area (Å²) in [7, 11) is -4.08. The Morgan fingerprint density at radius 1 is 1.26 bits per heavy atom. The zero-order valence-corrected chi connectivity index (χ0v) is 21.1. The van der Waals surface area contributed by atoms with Crippen LogP contribution in [0.5, 0.6) is 11.5 Å². The molecule has 180 valence electrons. The second kappa shape index (κ2) is 10.7. The first-order chi connectivity index (χ1) is 16.0. The van der Waals surface area contributed by atoms with Crippen LogP contribution in [0.15, 0.2) is 52.3 Å². The van der Waals surface area contributed by atoms with Crippen molar-refractivity contribution in [3.8, 4) is 11.5 Å². The van der Waals surface area contributed by atoms with E-state index in [0.29, 0.717) is 22.9 Å². The molecule has 1 amide bonds. The molecule has 0 bridgehead atoms. The minimum atomic E-state index is -4.08. The summed E-state index contributed by atoms with van der Waals surface area (Å²) >= 11 is 11.9. The van der Waals surface area contributed by atoms with E-state index >= 15 is 0 Å². The molecule has 0 spiro atoms. The molecule has 1 unspecified atom stereocenters. The number of nitrogens with one attached hydrogen (secondary N) is 1. The summed E-state index contributed by atoms with van der Waals surface area (Å²) in [5.74, 6) is -1.25. The number of thiocarbonyl (C=S) groups is 1. The molecule has 1 saturated heterocycles. The van der Waals surface area contributed by atoms with Gasteiger partial charge < -0.3 is 14.6 Å².